The van der Waals surface area contributed by atoms with E-state index in [2.05, 4.69) is 5.10 Å². The van der Waals surface area contributed by atoms with Gasteiger partial charge in [-0.05, 0) is 39.9 Å². The fourth-order valence-electron chi connectivity index (χ4n) is 4.14. The molecule has 3 aromatic rings. The van der Waals surface area contributed by atoms with E-state index in [1.807, 2.05) is 74.5 Å². The van der Waals surface area contributed by atoms with Crippen LogP contribution in [0.2, 0.25) is 0 Å². The average molecular weight is 415 g/mol. The van der Waals surface area contributed by atoms with E-state index in [1.165, 1.54) is 18.9 Å². The standard InChI is InChI=1S/C25H23N2O4/c1-15-13-14-16(2)27(26-15)23(25(29)31-4)22(24(28)30-3)21-19-11-7-5-9-17(19)18-10-6-8-12-20(18)21/h5-14,21H,1-4H3/q+1. The molecule has 0 aliphatic heterocycles. The third-order valence-corrected chi connectivity index (χ3v) is 5.53. The van der Waals surface area contributed by atoms with Crippen molar-refractivity contribution in [3.63, 3.8) is 0 Å². The number of nitrogens with zero attached hydrogens (tertiary/aromatic N) is 2. The summed E-state index contributed by atoms with van der Waals surface area (Å²) < 4.78 is 11.8. The maximum absolute atomic E-state index is 13.2. The van der Waals surface area contributed by atoms with Gasteiger partial charge >= 0.3 is 17.6 Å². The Kier molecular flexibility index (Phi) is 5.38. The molecule has 0 atom stereocenters. The number of hydrogen-bond donors (Lipinski definition) is 0. The molecule has 1 aromatic heterocycles. The quantitative estimate of drug-likeness (QED) is 0.371. The Bertz CT molecular complexity index is 1180. The minimum atomic E-state index is -0.659. The Hall–Kier alpha value is -3.80. The number of aryl methyl sites for hydroxylation is 2. The SMILES string of the molecule is COC(=O)C(=C(C(=O)OC)[n+]1nc(C)ccc1C)C1c2ccccc2-c2ccccc21. The second-order valence-corrected chi connectivity index (χ2v) is 7.38. The lowest BCUT2D eigenvalue weighted by Gasteiger charge is -2.17. The van der Waals surface area contributed by atoms with Crippen molar-refractivity contribution in [2.75, 3.05) is 14.2 Å². The number of aromatic nitrogens is 2. The molecule has 0 N–H and O–H groups in total. The van der Waals surface area contributed by atoms with Crippen LogP contribution >= 0.6 is 0 Å². The molecule has 6 nitrogen and oxygen atoms in total. The average Bonchev–Trinajstić information content (AvgIpc) is 3.12. The highest BCUT2D eigenvalue weighted by Crippen LogP contribution is 2.48. The van der Waals surface area contributed by atoms with Gasteiger partial charge in [0.1, 0.15) is 11.3 Å². The molecule has 6 heteroatoms. The molecule has 0 amide bonds. The van der Waals surface area contributed by atoms with E-state index >= 15 is 0 Å². The van der Waals surface area contributed by atoms with Gasteiger partial charge in [-0.15, -0.1) is 0 Å². The van der Waals surface area contributed by atoms with E-state index < -0.39 is 17.9 Å². The number of carbonyl (C=O) groups is 2. The fraction of sp³-hybridized carbons (Fsp3) is 0.200. The Morgan fingerprint density at radius 3 is 1.90 bits per heavy atom. The Morgan fingerprint density at radius 2 is 1.35 bits per heavy atom. The number of fused-ring (bicyclic) bond motifs is 3. The van der Waals surface area contributed by atoms with Crippen LogP contribution < -0.4 is 4.68 Å². The predicted octanol–water partition coefficient (Wildman–Crippen LogP) is 3.36. The van der Waals surface area contributed by atoms with E-state index in [4.69, 9.17) is 9.47 Å². The van der Waals surface area contributed by atoms with Crippen molar-refractivity contribution < 1.29 is 23.7 Å². The van der Waals surface area contributed by atoms with E-state index in [0.717, 1.165) is 22.3 Å². The van der Waals surface area contributed by atoms with Gasteiger partial charge < -0.3 is 9.47 Å². The molecular weight excluding hydrogens is 392 g/mol. The summed E-state index contributed by atoms with van der Waals surface area (Å²) in [6.07, 6.45) is 0. The smallest absolute Gasteiger partial charge is 0.407 e. The molecule has 4 rings (SSSR count). The number of benzene rings is 2. The third-order valence-electron chi connectivity index (χ3n) is 5.53. The summed E-state index contributed by atoms with van der Waals surface area (Å²) in [4.78, 5) is 26.3. The molecule has 0 spiro atoms. The highest BCUT2D eigenvalue weighted by atomic mass is 16.5. The first-order valence-electron chi connectivity index (χ1n) is 9.94. The first-order chi connectivity index (χ1) is 15.0. The van der Waals surface area contributed by atoms with Gasteiger partial charge in [0, 0.05) is 24.0 Å². The second kappa shape index (κ2) is 8.14. The second-order valence-electron chi connectivity index (χ2n) is 7.38. The molecule has 2 aromatic carbocycles. The van der Waals surface area contributed by atoms with Gasteiger partial charge in [-0.2, -0.15) is 0 Å². The van der Waals surface area contributed by atoms with Crippen molar-refractivity contribution in [2.45, 2.75) is 19.8 Å². The van der Waals surface area contributed by atoms with E-state index in [0.29, 0.717) is 11.4 Å². The molecule has 0 unspecified atom stereocenters. The van der Waals surface area contributed by atoms with E-state index in [9.17, 15) is 9.59 Å². The van der Waals surface area contributed by atoms with Gasteiger partial charge in [0.15, 0.2) is 0 Å². The number of rotatable bonds is 4. The van der Waals surface area contributed by atoms with Crippen molar-refractivity contribution in [3.8, 4) is 11.1 Å². The van der Waals surface area contributed by atoms with Gasteiger partial charge in [-0.25, -0.2) is 9.59 Å². The van der Waals surface area contributed by atoms with Gasteiger partial charge in [0.25, 0.3) is 0 Å². The molecule has 156 valence electrons. The summed E-state index contributed by atoms with van der Waals surface area (Å²) in [6, 6.07) is 19.4. The largest absolute Gasteiger partial charge is 0.465 e. The Balaban J connectivity index is 2.12. The number of methoxy groups -OCH3 is 2. The van der Waals surface area contributed by atoms with Crippen LogP contribution in [-0.2, 0) is 19.1 Å². The van der Waals surface area contributed by atoms with Crippen LogP contribution in [0, 0.1) is 13.8 Å². The zero-order valence-electron chi connectivity index (χ0n) is 17.9. The minimum absolute atomic E-state index is 0.0482. The van der Waals surface area contributed by atoms with Crippen molar-refractivity contribution in [1.29, 1.82) is 0 Å². The van der Waals surface area contributed by atoms with Gasteiger partial charge in [0.05, 0.1) is 14.2 Å². The number of ether oxygens (including phenoxy) is 2. The highest BCUT2D eigenvalue weighted by Gasteiger charge is 2.43. The molecular formula is C25H23N2O4+. The van der Waals surface area contributed by atoms with Gasteiger partial charge in [0.2, 0.25) is 5.69 Å². The van der Waals surface area contributed by atoms with E-state index in [-0.39, 0.29) is 11.3 Å². The zero-order valence-corrected chi connectivity index (χ0v) is 17.9. The van der Waals surface area contributed by atoms with Crippen molar-refractivity contribution >= 4 is 17.6 Å². The van der Waals surface area contributed by atoms with Crippen LogP contribution in [0.15, 0.2) is 66.2 Å². The predicted molar refractivity (Wildman–Crippen MR) is 115 cm³/mol. The first kappa shape index (κ1) is 20.5. The molecule has 0 radical (unpaired) electrons. The van der Waals surface area contributed by atoms with Gasteiger partial charge in [-0.1, -0.05) is 48.5 Å². The lowest BCUT2D eigenvalue weighted by Crippen LogP contribution is -2.46. The fourth-order valence-corrected chi connectivity index (χ4v) is 4.14. The van der Waals surface area contributed by atoms with Crippen LogP contribution in [0.25, 0.3) is 16.8 Å². The van der Waals surface area contributed by atoms with Crippen LogP contribution in [-0.4, -0.2) is 31.3 Å². The van der Waals surface area contributed by atoms with E-state index in [1.54, 1.807) is 0 Å². The van der Waals surface area contributed by atoms with Crippen LogP contribution in [0.1, 0.15) is 28.4 Å². The Labute approximate surface area is 180 Å². The van der Waals surface area contributed by atoms with Crippen LogP contribution in [0.4, 0.5) is 0 Å². The molecule has 0 bridgehead atoms. The molecule has 31 heavy (non-hydrogen) atoms. The zero-order chi connectivity index (χ0) is 22.1. The van der Waals surface area contributed by atoms with Crippen molar-refractivity contribution in [2.24, 2.45) is 0 Å². The summed E-state index contributed by atoms with van der Waals surface area (Å²) >= 11 is 0. The summed E-state index contributed by atoms with van der Waals surface area (Å²) in [7, 11) is 2.60. The number of carbonyl (C=O) groups excluding carboxylic acids is 2. The number of hydrogen-bond acceptors (Lipinski definition) is 5. The molecule has 1 aliphatic carbocycles. The minimum Gasteiger partial charge on any atom is -0.465 e. The summed E-state index contributed by atoms with van der Waals surface area (Å²) in [6.45, 7) is 3.64. The maximum atomic E-state index is 13.2. The van der Waals surface area contributed by atoms with Crippen LogP contribution in [0.3, 0.4) is 0 Å². The lowest BCUT2D eigenvalue weighted by molar-refractivity contribution is -0.651. The lowest BCUT2D eigenvalue weighted by atomic mass is 9.87. The van der Waals surface area contributed by atoms with Gasteiger partial charge in [-0.3, -0.25) is 0 Å². The highest BCUT2D eigenvalue weighted by molar-refractivity contribution is 6.15. The maximum Gasteiger partial charge on any atom is 0.407 e. The molecule has 1 aliphatic rings. The van der Waals surface area contributed by atoms with Crippen molar-refractivity contribution in [3.05, 3.63) is 88.8 Å². The summed E-state index contributed by atoms with van der Waals surface area (Å²) in [5.41, 5.74) is 5.52. The molecule has 0 saturated carbocycles. The monoisotopic (exact) mass is 415 g/mol. The number of esters is 2. The molecule has 0 fully saturated rings. The topological polar surface area (TPSA) is 69.4 Å². The normalized spacial score (nSPS) is 13.2. The Morgan fingerprint density at radius 1 is 0.806 bits per heavy atom. The first-order valence-corrected chi connectivity index (χ1v) is 9.94. The van der Waals surface area contributed by atoms with Crippen molar-refractivity contribution in [1.82, 2.24) is 5.10 Å². The third kappa shape index (κ3) is 3.40. The molecule has 0 saturated heterocycles. The van der Waals surface area contributed by atoms with Crippen LogP contribution in [0.5, 0.6) is 0 Å². The summed E-state index contributed by atoms with van der Waals surface area (Å²) in [5.74, 6) is -1.76. The molecule has 1 heterocycles. The summed E-state index contributed by atoms with van der Waals surface area (Å²) in [5, 5.41) is 4.51.